The van der Waals surface area contributed by atoms with Crippen molar-refractivity contribution in [2.75, 3.05) is 47.9 Å². The van der Waals surface area contributed by atoms with Crippen molar-refractivity contribution in [2.45, 2.75) is 25.0 Å². The third-order valence-corrected chi connectivity index (χ3v) is 8.67. The highest BCUT2D eigenvalue weighted by Crippen LogP contribution is 2.55. The van der Waals surface area contributed by atoms with E-state index in [2.05, 4.69) is 121 Å². The van der Waals surface area contributed by atoms with Gasteiger partial charge in [0.15, 0.2) is 5.75 Å². The second-order valence-electron chi connectivity index (χ2n) is 10.9. The molecule has 3 heterocycles. The van der Waals surface area contributed by atoms with Crippen molar-refractivity contribution in [2.24, 2.45) is 4.99 Å². The number of rotatable bonds is 2. The molecule has 4 aromatic carbocycles. The predicted octanol–water partition coefficient (Wildman–Crippen LogP) is 6.39. The van der Waals surface area contributed by atoms with Crippen molar-refractivity contribution in [3.8, 4) is 5.75 Å². The highest BCUT2D eigenvalue weighted by Gasteiger charge is 2.58. The number of aliphatic imine (C=N–C) groups is 1. The molecule has 3 aliphatic heterocycles. The number of para-hydroxylation sites is 2. The number of hydrogen-bond acceptors (Lipinski definition) is 5. The Morgan fingerprint density at radius 1 is 0.730 bits per heavy atom. The Labute approximate surface area is 218 Å². The monoisotopic (exact) mass is 488 g/mol. The maximum Gasteiger partial charge on any atom is 0.228 e. The van der Waals surface area contributed by atoms with Crippen molar-refractivity contribution in [1.82, 2.24) is 0 Å². The highest BCUT2D eigenvalue weighted by atomic mass is 16.5. The summed E-state index contributed by atoms with van der Waals surface area (Å²) < 4.78 is 7.06. The molecule has 0 N–H and O–H groups in total. The zero-order valence-corrected chi connectivity index (χ0v) is 21.7. The van der Waals surface area contributed by atoms with Gasteiger partial charge in [-0.3, -0.25) is 4.99 Å². The quantitative estimate of drug-likeness (QED) is 0.327. The van der Waals surface area contributed by atoms with Crippen LogP contribution in [0.1, 0.15) is 19.4 Å². The third-order valence-electron chi connectivity index (χ3n) is 8.67. The molecular weight excluding hydrogens is 456 g/mol. The molecule has 37 heavy (non-hydrogen) atoms. The Morgan fingerprint density at radius 3 is 2.14 bits per heavy atom. The van der Waals surface area contributed by atoms with Gasteiger partial charge < -0.3 is 19.4 Å². The standard InChI is InChI=1S/C32H32N4O/c1-31(2)26-15-9-10-16-27(26)34(3)32(31)22-33-30-25-14-8-7-13-24(25)28(21-29(30)37-32)36-19-17-35(18-20-36)23-11-5-4-6-12-23/h4-16,21-22H,17-20H2,1-3H3/t32-/m0/s1. The molecule has 186 valence electrons. The third kappa shape index (κ3) is 3.13. The fourth-order valence-corrected chi connectivity index (χ4v) is 6.51. The van der Waals surface area contributed by atoms with Gasteiger partial charge in [0.25, 0.3) is 0 Å². The topological polar surface area (TPSA) is 31.3 Å². The lowest BCUT2D eigenvalue weighted by Gasteiger charge is -2.45. The van der Waals surface area contributed by atoms with Gasteiger partial charge in [-0.2, -0.15) is 0 Å². The molecule has 0 unspecified atom stereocenters. The Kier molecular flexibility index (Phi) is 4.81. The van der Waals surface area contributed by atoms with Crippen LogP contribution in [-0.2, 0) is 5.41 Å². The van der Waals surface area contributed by atoms with E-state index in [1.165, 1.54) is 28.0 Å². The lowest BCUT2D eigenvalue weighted by molar-refractivity contribution is 0.0827. The molecule has 3 aliphatic rings. The van der Waals surface area contributed by atoms with Crippen molar-refractivity contribution in [1.29, 1.82) is 0 Å². The van der Waals surface area contributed by atoms with Gasteiger partial charge in [0.1, 0.15) is 5.69 Å². The van der Waals surface area contributed by atoms with Gasteiger partial charge in [0, 0.05) is 67.1 Å². The maximum absolute atomic E-state index is 7.06. The molecule has 0 aromatic heterocycles. The average Bonchev–Trinajstić information content (AvgIpc) is 3.11. The molecule has 5 heteroatoms. The summed E-state index contributed by atoms with van der Waals surface area (Å²) in [6.07, 6.45) is 2.03. The Hall–Kier alpha value is -3.99. The minimum Gasteiger partial charge on any atom is -0.459 e. The van der Waals surface area contributed by atoms with Gasteiger partial charge in [-0.05, 0) is 37.6 Å². The van der Waals surface area contributed by atoms with E-state index < -0.39 is 5.72 Å². The van der Waals surface area contributed by atoms with Crippen LogP contribution in [0.15, 0.2) is 89.9 Å². The average molecular weight is 489 g/mol. The summed E-state index contributed by atoms with van der Waals surface area (Å²) in [5, 5.41) is 2.37. The number of benzene rings is 4. The van der Waals surface area contributed by atoms with Crippen LogP contribution in [0.2, 0.25) is 0 Å². The van der Waals surface area contributed by atoms with Crippen LogP contribution >= 0.6 is 0 Å². The Morgan fingerprint density at radius 2 is 1.38 bits per heavy atom. The number of likely N-dealkylation sites (N-methyl/N-ethyl adjacent to an activating group) is 1. The summed E-state index contributed by atoms with van der Waals surface area (Å²) in [7, 11) is 2.12. The first-order valence-corrected chi connectivity index (χ1v) is 13.2. The SMILES string of the molecule is CN1c2ccccc2C(C)(C)[C@@]12C=Nc1c(cc(N3CCN(c4ccccc4)CC3)c3ccccc13)O2. The Bertz CT molecular complexity index is 1520. The summed E-state index contributed by atoms with van der Waals surface area (Å²) in [5.41, 5.74) is 4.97. The summed E-state index contributed by atoms with van der Waals surface area (Å²) in [5.74, 6) is 0.856. The fraction of sp³-hybridized carbons (Fsp3) is 0.281. The van der Waals surface area contributed by atoms with E-state index in [0.717, 1.165) is 43.0 Å². The van der Waals surface area contributed by atoms with Crippen LogP contribution in [-0.4, -0.2) is 45.2 Å². The summed E-state index contributed by atoms with van der Waals surface area (Å²) >= 11 is 0. The van der Waals surface area contributed by atoms with E-state index in [4.69, 9.17) is 9.73 Å². The van der Waals surface area contributed by atoms with Crippen LogP contribution < -0.4 is 19.4 Å². The van der Waals surface area contributed by atoms with Crippen molar-refractivity contribution >= 4 is 39.7 Å². The van der Waals surface area contributed by atoms with E-state index in [1.54, 1.807) is 0 Å². The molecule has 0 amide bonds. The molecule has 1 fully saturated rings. The summed E-state index contributed by atoms with van der Waals surface area (Å²) in [6.45, 7) is 8.42. The molecule has 0 saturated carbocycles. The zero-order chi connectivity index (χ0) is 25.2. The molecule has 0 bridgehead atoms. The van der Waals surface area contributed by atoms with Gasteiger partial charge in [0.2, 0.25) is 5.72 Å². The molecule has 5 nitrogen and oxygen atoms in total. The number of ether oxygens (including phenoxy) is 1. The lowest BCUT2D eigenvalue weighted by atomic mass is 9.77. The number of hydrogen-bond donors (Lipinski definition) is 0. The number of anilines is 3. The molecule has 0 radical (unpaired) electrons. The first kappa shape index (κ1) is 22.2. The molecule has 7 rings (SSSR count). The Balaban J connectivity index is 1.28. The minimum atomic E-state index is -0.685. The van der Waals surface area contributed by atoms with Gasteiger partial charge in [-0.15, -0.1) is 0 Å². The van der Waals surface area contributed by atoms with Crippen molar-refractivity contribution in [3.63, 3.8) is 0 Å². The van der Waals surface area contributed by atoms with E-state index >= 15 is 0 Å². The first-order chi connectivity index (χ1) is 18.0. The van der Waals surface area contributed by atoms with Crippen molar-refractivity contribution < 1.29 is 4.74 Å². The predicted molar refractivity (Wildman–Crippen MR) is 154 cm³/mol. The molecule has 1 saturated heterocycles. The fourth-order valence-electron chi connectivity index (χ4n) is 6.51. The molecule has 1 atom stereocenters. The van der Waals surface area contributed by atoms with Gasteiger partial charge in [0.05, 0.1) is 11.6 Å². The van der Waals surface area contributed by atoms with E-state index in [-0.39, 0.29) is 5.41 Å². The molecular formula is C32H32N4O. The minimum absolute atomic E-state index is 0.271. The van der Waals surface area contributed by atoms with Crippen LogP contribution in [0.3, 0.4) is 0 Å². The molecule has 0 aliphatic carbocycles. The normalized spacial score (nSPS) is 21.8. The number of piperazine rings is 1. The molecule has 1 spiro atoms. The summed E-state index contributed by atoms with van der Waals surface area (Å²) in [4.78, 5) is 12.3. The van der Waals surface area contributed by atoms with Gasteiger partial charge >= 0.3 is 0 Å². The second kappa shape index (κ2) is 8.01. The van der Waals surface area contributed by atoms with E-state index in [1.807, 2.05) is 6.21 Å². The first-order valence-electron chi connectivity index (χ1n) is 13.2. The van der Waals surface area contributed by atoms with Crippen LogP contribution in [0.25, 0.3) is 10.8 Å². The van der Waals surface area contributed by atoms with Crippen LogP contribution in [0.5, 0.6) is 5.75 Å². The summed E-state index contributed by atoms with van der Waals surface area (Å²) in [6, 6.07) is 30.2. The molecule has 4 aromatic rings. The van der Waals surface area contributed by atoms with Gasteiger partial charge in [-0.25, -0.2) is 0 Å². The number of nitrogens with zero attached hydrogens (tertiary/aromatic N) is 4. The van der Waals surface area contributed by atoms with Gasteiger partial charge in [-0.1, -0.05) is 60.7 Å². The maximum atomic E-state index is 7.06. The van der Waals surface area contributed by atoms with Crippen LogP contribution in [0.4, 0.5) is 22.7 Å². The lowest BCUT2D eigenvalue weighted by Crippen LogP contribution is -2.61. The smallest absolute Gasteiger partial charge is 0.228 e. The van der Waals surface area contributed by atoms with E-state index in [0.29, 0.717) is 0 Å². The van der Waals surface area contributed by atoms with E-state index in [9.17, 15) is 0 Å². The van der Waals surface area contributed by atoms with Crippen LogP contribution in [0, 0.1) is 0 Å². The largest absolute Gasteiger partial charge is 0.459 e. The van der Waals surface area contributed by atoms with Crippen molar-refractivity contribution in [3.05, 3.63) is 90.5 Å². The second-order valence-corrected chi connectivity index (χ2v) is 10.9. The zero-order valence-electron chi connectivity index (χ0n) is 21.7. The highest BCUT2D eigenvalue weighted by molar-refractivity contribution is 6.06. The number of fused-ring (bicyclic) bond motifs is 4.